The average molecular weight is 831 g/mol. The number of nitrogens with zero attached hydrogens (tertiary/aromatic N) is 1. The number of carboxylic acid groups (broad SMARTS) is 1. The van der Waals surface area contributed by atoms with E-state index in [-0.39, 0.29) is 125 Å². The Labute approximate surface area is 339 Å². The summed E-state index contributed by atoms with van der Waals surface area (Å²) in [6, 6.07) is 0. The normalized spacial score (nSPS) is 18.4. The Kier molecular flexibility index (Phi) is 25.2. The molecule has 0 bridgehead atoms. The van der Waals surface area contributed by atoms with Crippen LogP contribution in [0, 0.1) is 11.8 Å². The zero-order valence-corrected chi connectivity index (χ0v) is 34.1. The summed E-state index contributed by atoms with van der Waals surface area (Å²) in [5.74, 6) is -2.59. The van der Waals surface area contributed by atoms with E-state index in [1.807, 2.05) is 0 Å². The van der Waals surface area contributed by atoms with E-state index >= 15 is 0 Å². The number of likely N-dealkylation sites (tertiary alicyclic amines) is 1. The van der Waals surface area contributed by atoms with Crippen molar-refractivity contribution in [3.05, 3.63) is 0 Å². The van der Waals surface area contributed by atoms with Crippen molar-refractivity contribution in [2.24, 2.45) is 29.0 Å². The van der Waals surface area contributed by atoms with Crippen LogP contribution in [0.3, 0.4) is 0 Å². The predicted molar refractivity (Wildman–Crippen MR) is 213 cm³/mol. The van der Waals surface area contributed by atoms with E-state index in [1.54, 1.807) is 0 Å². The Balaban J connectivity index is 2.10. The lowest BCUT2D eigenvalue weighted by molar-refractivity contribution is -0.140. The largest absolute Gasteiger partial charge is 0.481 e. The van der Waals surface area contributed by atoms with Crippen LogP contribution < -0.4 is 38.5 Å². The van der Waals surface area contributed by atoms with E-state index in [1.165, 1.54) is 16.7 Å². The molecule has 2 fully saturated rings. The molecule has 2 rings (SSSR count). The molecule has 20 heteroatoms. The van der Waals surface area contributed by atoms with Crippen molar-refractivity contribution >= 4 is 53.2 Å². The fourth-order valence-electron chi connectivity index (χ4n) is 6.28. The second-order valence-electron chi connectivity index (χ2n) is 14.4. The zero-order chi connectivity index (χ0) is 41.9. The number of hydrogen-bond donors (Lipinski definition) is 8. The van der Waals surface area contributed by atoms with Crippen LogP contribution in [-0.4, -0.2) is 153 Å². The van der Waals surface area contributed by atoms with Gasteiger partial charge in [0.15, 0.2) is 0 Å². The van der Waals surface area contributed by atoms with Crippen LogP contribution in [0.25, 0.3) is 0 Å². The van der Waals surface area contributed by atoms with Gasteiger partial charge >= 0.3 is 5.97 Å². The molecule has 1 atom stereocenters. The van der Waals surface area contributed by atoms with Gasteiger partial charge < -0.3 is 57.8 Å². The lowest BCUT2D eigenvalue weighted by atomic mass is 9.81. The van der Waals surface area contributed by atoms with Gasteiger partial charge in [0, 0.05) is 63.5 Å². The van der Waals surface area contributed by atoms with Gasteiger partial charge in [0.25, 0.3) is 0 Å². The molecule has 326 valence electrons. The maximum atomic E-state index is 14.0. The van der Waals surface area contributed by atoms with Gasteiger partial charge in [-0.2, -0.15) is 0 Å². The fraction of sp³-hybridized carbons (Fsp3) is 0.811. The highest BCUT2D eigenvalue weighted by atomic mass is 32.2. The Hall–Kier alpha value is -3.40. The van der Waals surface area contributed by atoms with Crippen LogP contribution in [0.2, 0.25) is 0 Å². The molecule has 0 aromatic carbocycles. The number of amides is 6. The molecular weight excluding hydrogens is 765 g/mol. The third kappa shape index (κ3) is 20.7. The molecule has 19 nitrogen and oxygen atoms in total. The number of carbonyl (C=O) groups is 7. The van der Waals surface area contributed by atoms with Crippen molar-refractivity contribution < 1.29 is 52.9 Å². The van der Waals surface area contributed by atoms with Crippen LogP contribution in [0.1, 0.15) is 77.0 Å². The number of nitrogens with two attached hydrogens (primary N) is 3. The van der Waals surface area contributed by atoms with Gasteiger partial charge in [-0.1, -0.05) is 0 Å². The highest BCUT2D eigenvalue weighted by Gasteiger charge is 2.41. The van der Waals surface area contributed by atoms with Crippen molar-refractivity contribution in [3.63, 3.8) is 0 Å². The van der Waals surface area contributed by atoms with Crippen molar-refractivity contribution in [1.29, 1.82) is 0 Å². The Morgan fingerprint density at radius 1 is 0.719 bits per heavy atom. The van der Waals surface area contributed by atoms with Crippen LogP contribution >= 0.6 is 11.8 Å². The number of thioether (sulfide) groups is 1. The fourth-order valence-corrected chi connectivity index (χ4v) is 7.38. The molecule has 57 heavy (non-hydrogen) atoms. The van der Waals surface area contributed by atoms with Gasteiger partial charge in [0.2, 0.25) is 35.4 Å². The molecule has 1 aliphatic carbocycles. The lowest BCUT2D eigenvalue weighted by Crippen LogP contribution is -2.60. The summed E-state index contributed by atoms with van der Waals surface area (Å²) in [6.45, 7) is 2.74. The molecular formula is C37H66N8O11S. The van der Waals surface area contributed by atoms with Gasteiger partial charge in [-0.15, -0.1) is 11.8 Å². The van der Waals surface area contributed by atoms with Crippen molar-refractivity contribution in [2.75, 3.05) is 91.2 Å². The number of ether oxygens (including phenoxy) is 3. The topological polar surface area (TPSA) is 297 Å². The summed E-state index contributed by atoms with van der Waals surface area (Å²) in [5.41, 5.74) is 15.3. The maximum absolute atomic E-state index is 14.0. The average Bonchev–Trinajstić information content (AvgIpc) is 3.44. The minimum atomic E-state index is -1.25. The third-order valence-corrected chi connectivity index (χ3v) is 10.8. The second-order valence-corrected chi connectivity index (χ2v) is 15.7. The van der Waals surface area contributed by atoms with E-state index in [9.17, 15) is 33.6 Å². The highest BCUT2D eigenvalue weighted by Crippen LogP contribution is 2.33. The minimum absolute atomic E-state index is 0.00692. The lowest BCUT2D eigenvalue weighted by Gasteiger charge is -2.37. The first-order valence-corrected chi connectivity index (χ1v) is 21.1. The standard InChI is InChI=1S/C37H66N8O11S/c38-12-1-15-41-30(46)8-18-54-24-37(25-55-19-9-31(47)42-16-2-13-39,26-56-20-10-32(48)43-17-3-14-40)44-35(52)28-6-4-27(5-7-28)23-45-33(49)22-29(36(45)53)57-21-11-34(50)51/h27-29H,1-26,38-40H2,(H,41,46)(H,42,47)(H,43,48)(H,44,52)(H,50,51). The Morgan fingerprint density at radius 2 is 1.18 bits per heavy atom. The molecule has 1 heterocycles. The number of rotatable bonds is 32. The second kappa shape index (κ2) is 28.9. The SMILES string of the molecule is NCCCNC(=O)CCOCC(COCCC(=O)NCCCN)(COCCC(=O)NCCCN)NC(=O)C1CCC(CN2C(=O)CC(SCCC(=O)O)C2=O)CC1. The molecule has 1 unspecified atom stereocenters. The molecule has 6 amide bonds. The van der Waals surface area contributed by atoms with E-state index in [0.29, 0.717) is 84.2 Å². The zero-order valence-electron chi connectivity index (χ0n) is 33.2. The van der Waals surface area contributed by atoms with Gasteiger partial charge in [-0.05, 0) is 70.5 Å². The summed E-state index contributed by atoms with van der Waals surface area (Å²) >= 11 is 1.19. The first-order chi connectivity index (χ1) is 27.4. The van der Waals surface area contributed by atoms with E-state index in [2.05, 4.69) is 21.3 Å². The molecule has 0 aromatic heterocycles. The summed E-state index contributed by atoms with van der Waals surface area (Å²) in [4.78, 5) is 88.7. The summed E-state index contributed by atoms with van der Waals surface area (Å²) in [6.07, 6.45) is 4.26. The molecule has 0 aromatic rings. The molecule has 0 radical (unpaired) electrons. The van der Waals surface area contributed by atoms with E-state index in [0.717, 1.165) is 0 Å². The summed E-state index contributed by atoms with van der Waals surface area (Å²) < 4.78 is 17.9. The Morgan fingerprint density at radius 3 is 1.60 bits per heavy atom. The van der Waals surface area contributed by atoms with Gasteiger partial charge in [-0.25, -0.2) is 0 Å². The van der Waals surface area contributed by atoms with Crippen LogP contribution in [0.15, 0.2) is 0 Å². The molecule has 11 N–H and O–H groups in total. The number of carbonyl (C=O) groups excluding carboxylic acids is 6. The first-order valence-electron chi connectivity index (χ1n) is 20.1. The molecule has 0 spiro atoms. The number of imide groups is 1. The van der Waals surface area contributed by atoms with Gasteiger partial charge in [-0.3, -0.25) is 38.5 Å². The van der Waals surface area contributed by atoms with E-state index < -0.39 is 22.7 Å². The van der Waals surface area contributed by atoms with Crippen LogP contribution in [0.4, 0.5) is 0 Å². The quantitative estimate of drug-likeness (QED) is 0.0286. The van der Waals surface area contributed by atoms with Crippen molar-refractivity contribution in [1.82, 2.24) is 26.2 Å². The summed E-state index contributed by atoms with van der Waals surface area (Å²) in [7, 11) is 0. The van der Waals surface area contributed by atoms with E-state index in [4.69, 9.17) is 36.5 Å². The molecule has 2 aliphatic rings. The third-order valence-electron chi connectivity index (χ3n) is 9.55. The first kappa shape index (κ1) is 49.7. The Bertz CT molecular complexity index is 1200. The molecule has 1 aliphatic heterocycles. The smallest absolute Gasteiger partial charge is 0.304 e. The molecule has 1 saturated carbocycles. The monoisotopic (exact) mass is 830 g/mol. The van der Waals surface area contributed by atoms with Crippen molar-refractivity contribution in [2.45, 2.75) is 87.8 Å². The number of carboxylic acids is 1. The molecule has 1 saturated heterocycles. The van der Waals surface area contributed by atoms with Crippen molar-refractivity contribution in [3.8, 4) is 0 Å². The summed E-state index contributed by atoms with van der Waals surface area (Å²) in [5, 5.41) is 19.8. The minimum Gasteiger partial charge on any atom is -0.481 e. The van der Waals surface area contributed by atoms with Crippen LogP contribution in [0.5, 0.6) is 0 Å². The maximum Gasteiger partial charge on any atom is 0.304 e. The van der Waals surface area contributed by atoms with Gasteiger partial charge in [0.05, 0.1) is 51.3 Å². The number of hydrogen-bond acceptors (Lipinski definition) is 14. The predicted octanol–water partition coefficient (Wildman–Crippen LogP) is -1.40. The number of nitrogens with one attached hydrogen (secondary N) is 4. The van der Waals surface area contributed by atoms with Crippen LogP contribution in [-0.2, 0) is 47.8 Å². The van der Waals surface area contributed by atoms with Gasteiger partial charge in [0.1, 0.15) is 5.54 Å². The number of aliphatic carboxylic acids is 1. The highest BCUT2D eigenvalue weighted by molar-refractivity contribution is 8.00.